The standard InChI is InChI=1S/C26H33N3O2/c1-23(31)10-11-26-16-25(26,15-23)9-5-18-19-3-4-21(24(19,2)8-6-20(18)26)22(30)14-29-12-7-17(13-27)28-29/h4,7,12,18-20,31H,3,5-6,8-11,14-16H2,1-2H3/t18-,19-,20-,23+,24-,25+,26-/m0/s1. The van der Waals surface area contributed by atoms with E-state index in [1.165, 1.54) is 32.1 Å². The lowest BCUT2D eigenvalue weighted by atomic mass is 9.49. The molecule has 1 aromatic rings. The Kier molecular flexibility index (Phi) is 3.88. The minimum absolute atomic E-state index is 0.0187. The molecule has 5 nitrogen and oxygen atoms in total. The van der Waals surface area contributed by atoms with Crippen LogP contribution >= 0.6 is 0 Å². The highest BCUT2D eigenvalue weighted by atomic mass is 16.3. The summed E-state index contributed by atoms with van der Waals surface area (Å²) in [6, 6.07) is 3.70. The Morgan fingerprint density at radius 1 is 1.23 bits per heavy atom. The minimum Gasteiger partial charge on any atom is -0.390 e. The van der Waals surface area contributed by atoms with Crippen molar-refractivity contribution < 1.29 is 9.90 Å². The number of aromatic nitrogens is 2. The first-order valence-electron chi connectivity index (χ1n) is 12.1. The maximum atomic E-state index is 13.3. The van der Waals surface area contributed by atoms with Gasteiger partial charge in [-0.15, -0.1) is 0 Å². The molecular formula is C26H33N3O2. The fourth-order valence-corrected chi connectivity index (χ4v) is 9.16. The molecule has 0 unspecified atom stereocenters. The molecule has 0 aliphatic heterocycles. The van der Waals surface area contributed by atoms with Gasteiger partial charge in [-0.3, -0.25) is 9.48 Å². The van der Waals surface area contributed by atoms with Gasteiger partial charge in [0.05, 0.1) is 5.60 Å². The van der Waals surface area contributed by atoms with Crippen LogP contribution in [-0.2, 0) is 11.3 Å². The van der Waals surface area contributed by atoms with Gasteiger partial charge >= 0.3 is 0 Å². The average molecular weight is 420 g/mol. The number of hydrogen-bond acceptors (Lipinski definition) is 4. The van der Waals surface area contributed by atoms with Gasteiger partial charge in [0.25, 0.3) is 0 Å². The van der Waals surface area contributed by atoms with E-state index in [4.69, 9.17) is 5.26 Å². The Morgan fingerprint density at radius 3 is 2.84 bits per heavy atom. The molecule has 1 aromatic heterocycles. The first-order chi connectivity index (χ1) is 14.7. The number of hydrogen-bond donors (Lipinski definition) is 1. The molecule has 1 heterocycles. The van der Waals surface area contributed by atoms with Gasteiger partial charge in [-0.25, -0.2) is 0 Å². The average Bonchev–Trinajstić information content (AvgIpc) is 3.00. The van der Waals surface area contributed by atoms with Gasteiger partial charge in [-0.1, -0.05) is 13.0 Å². The Labute approximate surface area is 184 Å². The topological polar surface area (TPSA) is 78.9 Å². The summed E-state index contributed by atoms with van der Waals surface area (Å²) in [7, 11) is 0. The molecule has 0 saturated heterocycles. The molecule has 164 valence electrons. The van der Waals surface area contributed by atoms with Gasteiger partial charge in [0, 0.05) is 6.20 Å². The molecular weight excluding hydrogens is 386 g/mol. The van der Waals surface area contributed by atoms with Crippen molar-refractivity contribution in [1.82, 2.24) is 9.78 Å². The number of carbonyl (C=O) groups excluding carboxylic acids is 1. The van der Waals surface area contributed by atoms with Crippen LogP contribution in [-0.4, -0.2) is 26.3 Å². The zero-order valence-electron chi connectivity index (χ0n) is 18.7. The molecule has 0 radical (unpaired) electrons. The summed E-state index contributed by atoms with van der Waals surface area (Å²) in [5.74, 6) is 2.24. The summed E-state index contributed by atoms with van der Waals surface area (Å²) in [6.07, 6.45) is 14.4. The van der Waals surface area contributed by atoms with Crippen molar-refractivity contribution in [3.05, 3.63) is 29.6 Å². The molecule has 0 aromatic carbocycles. The van der Waals surface area contributed by atoms with E-state index in [1.807, 2.05) is 13.0 Å². The summed E-state index contributed by atoms with van der Waals surface area (Å²) in [5, 5.41) is 23.9. The Morgan fingerprint density at radius 2 is 2.06 bits per heavy atom. The van der Waals surface area contributed by atoms with Crippen molar-refractivity contribution >= 4 is 5.78 Å². The monoisotopic (exact) mass is 419 g/mol. The van der Waals surface area contributed by atoms with Crippen LogP contribution in [0.5, 0.6) is 0 Å². The van der Waals surface area contributed by atoms with Crippen LogP contribution in [0.1, 0.15) is 77.3 Å². The van der Waals surface area contributed by atoms with E-state index in [9.17, 15) is 9.90 Å². The second-order valence-electron chi connectivity index (χ2n) is 11.9. The van der Waals surface area contributed by atoms with Crippen molar-refractivity contribution in [2.75, 3.05) is 0 Å². The first-order valence-corrected chi connectivity index (χ1v) is 12.1. The maximum Gasteiger partial charge on any atom is 0.180 e. The molecule has 0 amide bonds. The van der Waals surface area contributed by atoms with Crippen molar-refractivity contribution in [2.45, 2.75) is 83.8 Å². The fraction of sp³-hybridized carbons (Fsp3) is 0.731. The number of allylic oxidation sites excluding steroid dienone is 2. The normalized spacial score (nSPS) is 47.3. The number of aliphatic hydroxyl groups is 1. The number of nitrogens with zero attached hydrogens (tertiary/aromatic N) is 3. The fourth-order valence-electron chi connectivity index (χ4n) is 9.16. The molecule has 5 aliphatic carbocycles. The SMILES string of the molecule is C[C@@]1(O)CC[C@@]23C[C@@]2(CC[C@@H]2[C@@H]3CC[C@]3(C)C(C(=O)Cn4ccc(C#N)n4)=CC[C@@H]23)C1. The lowest BCUT2D eigenvalue weighted by Crippen LogP contribution is -2.50. The van der Waals surface area contributed by atoms with Gasteiger partial charge in [-0.05, 0) is 110 Å². The highest BCUT2D eigenvalue weighted by molar-refractivity contribution is 5.97. The second-order valence-corrected chi connectivity index (χ2v) is 11.9. The van der Waals surface area contributed by atoms with Gasteiger partial charge in [0.2, 0.25) is 0 Å². The number of ketones is 1. The second kappa shape index (κ2) is 6.10. The lowest BCUT2D eigenvalue weighted by molar-refractivity contribution is -0.120. The van der Waals surface area contributed by atoms with Crippen molar-refractivity contribution in [1.29, 1.82) is 5.26 Å². The van der Waals surface area contributed by atoms with E-state index in [0.717, 1.165) is 37.2 Å². The van der Waals surface area contributed by atoms with Crippen LogP contribution in [0.4, 0.5) is 0 Å². The number of nitriles is 1. The quantitative estimate of drug-likeness (QED) is 0.787. The maximum absolute atomic E-state index is 13.3. The molecule has 7 atom stereocenters. The van der Waals surface area contributed by atoms with E-state index < -0.39 is 5.60 Å². The third kappa shape index (κ3) is 2.58. The molecule has 4 fully saturated rings. The number of fused-ring (bicyclic) bond motifs is 3. The largest absolute Gasteiger partial charge is 0.390 e. The highest BCUT2D eigenvalue weighted by Gasteiger charge is 2.76. The van der Waals surface area contributed by atoms with E-state index in [-0.39, 0.29) is 17.7 Å². The Hall–Kier alpha value is -1.93. The zero-order valence-corrected chi connectivity index (χ0v) is 18.7. The molecule has 1 N–H and O–H groups in total. The van der Waals surface area contributed by atoms with Crippen molar-refractivity contribution in [3.8, 4) is 6.07 Å². The lowest BCUT2D eigenvalue weighted by Gasteiger charge is -2.56. The summed E-state index contributed by atoms with van der Waals surface area (Å²) in [5.41, 5.74) is 1.78. The van der Waals surface area contributed by atoms with Crippen LogP contribution in [0.15, 0.2) is 23.9 Å². The van der Waals surface area contributed by atoms with Crippen LogP contribution in [0, 0.1) is 45.3 Å². The van der Waals surface area contributed by atoms with Gasteiger partial charge in [0.1, 0.15) is 12.6 Å². The van der Waals surface area contributed by atoms with Crippen LogP contribution in [0.3, 0.4) is 0 Å². The Bertz CT molecular complexity index is 1030. The molecule has 31 heavy (non-hydrogen) atoms. The highest BCUT2D eigenvalue weighted by Crippen LogP contribution is 2.83. The number of Topliss-reactive ketones (excluding diaryl/α,β-unsaturated/α-hetero) is 1. The van der Waals surface area contributed by atoms with E-state index in [1.54, 1.807) is 16.9 Å². The van der Waals surface area contributed by atoms with Gasteiger partial charge in [-0.2, -0.15) is 10.4 Å². The third-order valence-electron chi connectivity index (χ3n) is 10.5. The summed E-state index contributed by atoms with van der Waals surface area (Å²) in [6.45, 7) is 4.62. The molecule has 0 bridgehead atoms. The predicted molar refractivity (Wildman–Crippen MR) is 116 cm³/mol. The number of carbonyl (C=O) groups is 1. The van der Waals surface area contributed by atoms with Crippen molar-refractivity contribution in [3.63, 3.8) is 0 Å². The zero-order chi connectivity index (χ0) is 21.6. The molecule has 6 rings (SSSR count). The third-order valence-corrected chi connectivity index (χ3v) is 10.5. The first kappa shape index (κ1) is 19.7. The van der Waals surface area contributed by atoms with Crippen LogP contribution < -0.4 is 0 Å². The van der Waals surface area contributed by atoms with Gasteiger partial charge in [0.15, 0.2) is 11.5 Å². The summed E-state index contributed by atoms with van der Waals surface area (Å²) < 4.78 is 1.61. The van der Waals surface area contributed by atoms with E-state index >= 15 is 0 Å². The predicted octanol–water partition coefficient (Wildman–Crippen LogP) is 4.41. The van der Waals surface area contributed by atoms with Crippen LogP contribution in [0.2, 0.25) is 0 Å². The minimum atomic E-state index is -0.470. The summed E-state index contributed by atoms with van der Waals surface area (Å²) in [4.78, 5) is 13.3. The summed E-state index contributed by atoms with van der Waals surface area (Å²) >= 11 is 0. The van der Waals surface area contributed by atoms with Crippen LogP contribution in [0.25, 0.3) is 0 Å². The Balaban J connectivity index is 1.22. The molecule has 4 saturated carbocycles. The molecule has 5 aliphatic rings. The van der Waals surface area contributed by atoms with Gasteiger partial charge < -0.3 is 5.11 Å². The van der Waals surface area contributed by atoms with E-state index in [0.29, 0.717) is 28.4 Å². The smallest absolute Gasteiger partial charge is 0.180 e. The molecule has 5 heteroatoms. The van der Waals surface area contributed by atoms with E-state index in [2.05, 4.69) is 18.1 Å². The van der Waals surface area contributed by atoms with Crippen molar-refractivity contribution in [2.24, 2.45) is 34.0 Å². The number of rotatable bonds is 3. The molecule has 0 spiro atoms.